The van der Waals surface area contributed by atoms with E-state index < -0.39 is 0 Å². The molecular formula is C17H21N5O2. The summed E-state index contributed by atoms with van der Waals surface area (Å²) in [5, 5.41) is 10.9. The summed E-state index contributed by atoms with van der Waals surface area (Å²) in [5.41, 5.74) is 2.87. The Morgan fingerprint density at radius 2 is 2.21 bits per heavy atom. The Bertz CT molecular complexity index is 840. The van der Waals surface area contributed by atoms with Gasteiger partial charge in [0.1, 0.15) is 11.3 Å². The number of aryl methyl sites for hydroxylation is 2. The fourth-order valence-electron chi connectivity index (χ4n) is 3.14. The van der Waals surface area contributed by atoms with Crippen LogP contribution in [-0.2, 0) is 17.7 Å². The van der Waals surface area contributed by atoms with Gasteiger partial charge in [-0.1, -0.05) is 19.1 Å². The maximum atomic E-state index is 5.66. The van der Waals surface area contributed by atoms with Gasteiger partial charge in [0.2, 0.25) is 0 Å². The highest BCUT2D eigenvalue weighted by Gasteiger charge is 2.32. The molecule has 4 rings (SSSR count). The number of nitrogens with zero attached hydrogens (tertiary/aromatic N) is 3. The Balaban J connectivity index is 1.49. The number of fused-ring (bicyclic) bond motifs is 1. The van der Waals surface area contributed by atoms with E-state index in [1.165, 1.54) is 0 Å². The first kappa shape index (κ1) is 15.3. The molecule has 3 heterocycles. The number of hydrogen-bond donors (Lipinski definition) is 2. The van der Waals surface area contributed by atoms with Crippen molar-refractivity contribution in [2.75, 3.05) is 13.2 Å². The van der Waals surface area contributed by atoms with E-state index in [1.807, 2.05) is 19.1 Å². The lowest BCUT2D eigenvalue weighted by atomic mass is 10.0. The zero-order valence-corrected chi connectivity index (χ0v) is 13.9. The second-order valence-electron chi connectivity index (χ2n) is 6.12. The van der Waals surface area contributed by atoms with E-state index in [0.717, 1.165) is 34.7 Å². The van der Waals surface area contributed by atoms with Crippen molar-refractivity contribution in [2.24, 2.45) is 0 Å². The molecule has 0 bridgehead atoms. The molecule has 0 aliphatic carbocycles. The van der Waals surface area contributed by atoms with Gasteiger partial charge in [-0.3, -0.25) is 5.10 Å². The molecule has 1 saturated heterocycles. The van der Waals surface area contributed by atoms with Crippen LogP contribution in [0.3, 0.4) is 0 Å². The monoisotopic (exact) mass is 327 g/mol. The second kappa shape index (κ2) is 6.33. The minimum Gasteiger partial charge on any atom is -0.441 e. The van der Waals surface area contributed by atoms with Crippen LogP contribution in [0.5, 0.6) is 0 Å². The van der Waals surface area contributed by atoms with Crippen LogP contribution in [0, 0.1) is 6.92 Å². The van der Waals surface area contributed by atoms with Gasteiger partial charge in [-0.15, -0.1) is 0 Å². The number of nitrogens with one attached hydrogen (secondary N) is 2. The van der Waals surface area contributed by atoms with Crippen LogP contribution in [0.25, 0.3) is 11.1 Å². The van der Waals surface area contributed by atoms with Gasteiger partial charge in [-0.2, -0.15) is 5.10 Å². The Hall–Kier alpha value is -2.25. The smallest absolute Gasteiger partial charge is 0.192 e. The third kappa shape index (κ3) is 2.81. The first-order valence-corrected chi connectivity index (χ1v) is 8.32. The van der Waals surface area contributed by atoms with Crippen molar-refractivity contribution in [1.29, 1.82) is 0 Å². The molecule has 24 heavy (non-hydrogen) atoms. The molecule has 7 nitrogen and oxygen atoms in total. The van der Waals surface area contributed by atoms with Crippen LogP contribution in [-0.4, -0.2) is 39.4 Å². The van der Waals surface area contributed by atoms with E-state index in [2.05, 4.69) is 38.5 Å². The van der Waals surface area contributed by atoms with Gasteiger partial charge in [0, 0.05) is 25.9 Å². The van der Waals surface area contributed by atoms with Gasteiger partial charge >= 0.3 is 0 Å². The molecule has 126 valence electrons. The molecular weight excluding hydrogens is 306 g/mol. The second-order valence-corrected chi connectivity index (χ2v) is 6.12. The molecule has 0 saturated carbocycles. The highest BCUT2D eigenvalue weighted by atomic mass is 16.5. The van der Waals surface area contributed by atoms with E-state index in [-0.39, 0.29) is 12.0 Å². The minimum atomic E-state index is 0.166. The summed E-state index contributed by atoms with van der Waals surface area (Å²) in [6.45, 7) is 5.94. The zero-order valence-electron chi connectivity index (χ0n) is 13.9. The van der Waals surface area contributed by atoms with Crippen LogP contribution in [0.4, 0.5) is 0 Å². The van der Waals surface area contributed by atoms with Gasteiger partial charge in [-0.05, 0) is 11.6 Å². The molecule has 1 aliphatic heterocycles. The summed E-state index contributed by atoms with van der Waals surface area (Å²) in [7, 11) is 0. The van der Waals surface area contributed by atoms with Crippen LogP contribution in [0.2, 0.25) is 0 Å². The molecule has 3 aromatic rings. The number of ether oxygens (including phenoxy) is 1. The number of benzene rings is 1. The lowest BCUT2D eigenvalue weighted by Gasteiger charge is -2.16. The number of para-hydroxylation sites is 1. The SMILES string of the molecule is CCc1nc([C@@H]2COC[C@@H]2NCc2cccc3oc(C)nc23)n[nH]1. The van der Waals surface area contributed by atoms with Crippen LogP contribution in [0.15, 0.2) is 22.6 Å². The molecule has 2 atom stereocenters. The van der Waals surface area contributed by atoms with Crippen molar-refractivity contribution in [2.45, 2.75) is 38.8 Å². The van der Waals surface area contributed by atoms with Gasteiger partial charge in [0.15, 0.2) is 17.3 Å². The molecule has 2 N–H and O–H groups in total. The van der Waals surface area contributed by atoms with E-state index in [1.54, 1.807) is 0 Å². The predicted molar refractivity (Wildman–Crippen MR) is 88.7 cm³/mol. The van der Waals surface area contributed by atoms with Gasteiger partial charge < -0.3 is 14.5 Å². The summed E-state index contributed by atoms with van der Waals surface area (Å²) in [5.74, 6) is 2.60. The maximum absolute atomic E-state index is 5.66. The topological polar surface area (TPSA) is 88.9 Å². The van der Waals surface area contributed by atoms with E-state index >= 15 is 0 Å². The normalized spacial score (nSPS) is 20.9. The summed E-state index contributed by atoms with van der Waals surface area (Å²) in [4.78, 5) is 9.04. The highest BCUT2D eigenvalue weighted by molar-refractivity contribution is 5.76. The van der Waals surface area contributed by atoms with Crippen LogP contribution >= 0.6 is 0 Å². The van der Waals surface area contributed by atoms with Crippen molar-refractivity contribution < 1.29 is 9.15 Å². The van der Waals surface area contributed by atoms with E-state index in [9.17, 15) is 0 Å². The Labute approximate surface area is 139 Å². The number of oxazole rings is 1. The summed E-state index contributed by atoms with van der Waals surface area (Å²) < 4.78 is 11.3. The molecule has 1 aliphatic rings. The van der Waals surface area contributed by atoms with Gasteiger partial charge in [0.25, 0.3) is 0 Å². The number of rotatable bonds is 5. The van der Waals surface area contributed by atoms with Crippen LogP contribution < -0.4 is 5.32 Å². The maximum Gasteiger partial charge on any atom is 0.192 e. The minimum absolute atomic E-state index is 0.166. The quantitative estimate of drug-likeness (QED) is 0.746. The van der Waals surface area contributed by atoms with Crippen molar-refractivity contribution in [3.8, 4) is 0 Å². The Morgan fingerprint density at radius 1 is 1.29 bits per heavy atom. The highest BCUT2D eigenvalue weighted by Crippen LogP contribution is 2.24. The zero-order chi connectivity index (χ0) is 16.5. The summed E-state index contributed by atoms with van der Waals surface area (Å²) in [6, 6.07) is 6.20. The first-order chi connectivity index (χ1) is 11.7. The fraction of sp³-hybridized carbons (Fsp3) is 0.471. The van der Waals surface area contributed by atoms with E-state index in [4.69, 9.17) is 9.15 Å². The van der Waals surface area contributed by atoms with Crippen LogP contribution in [0.1, 0.15) is 35.9 Å². The van der Waals surface area contributed by atoms with Gasteiger partial charge in [0.05, 0.1) is 19.1 Å². The van der Waals surface area contributed by atoms with E-state index in [0.29, 0.717) is 25.6 Å². The lowest BCUT2D eigenvalue weighted by Crippen LogP contribution is -2.34. The largest absolute Gasteiger partial charge is 0.441 e. The number of H-pyrrole nitrogens is 1. The van der Waals surface area contributed by atoms with Gasteiger partial charge in [-0.25, -0.2) is 9.97 Å². The molecule has 0 radical (unpaired) electrons. The number of hydrogen-bond acceptors (Lipinski definition) is 6. The molecule has 0 amide bonds. The standard InChI is InChI=1S/C17H21N5O2/c1-3-15-20-17(22-21-15)12-8-23-9-13(12)18-7-11-5-4-6-14-16(11)19-10(2)24-14/h4-6,12-13,18H,3,7-9H2,1-2H3,(H,20,21,22)/t12-,13+/m1/s1. The lowest BCUT2D eigenvalue weighted by molar-refractivity contribution is 0.187. The molecule has 2 aromatic heterocycles. The van der Waals surface area contributed by atoms with Crippen molar-refractivity contribution in [1.82, 2.24) is 25.5 Å². The number of aromatic amines is 1. The van der Waals surface area contributed by atoms with Crippen molar-refractivity contribution in [3.63, 3.8) is 0 Å². The third-order valence-electron chi connectivity index (χ3n) is 4.46. The van der Waals surface area contributed by atoms with Crippen molar-refractivity contribution >= 4 is 11.1 Å². The number of aromatic nitrogens is 4. The molecule has 0 unspecified atom stereocenters. The molecule has 7 heteroatoms. The fourth-order valence-corrected chi connectivity index (χ4v) is 3.14. The first-order valence-electron chi connectivity index (χ1n) is 8.32. The predicted octanol–water partition coefficient (Wildman–Crippen LogP) is 2.09. The van der Waals surface area contributed by atoms with Crippen molar-refractivity contribution in [3.05, 3.63) is 41.3 Å². The Morgan fingerprint density at radius 3 is 3.04 bits per heavy atom. The third-order valence-corrected chi connectivity index (χ3v) is 4.46. The average Bonchev–Trinajstić information content (AvgIpc) is 3.30. The molecule has 0 spiro atoms. The molecule has 1 fully saturated rings. The molecule has 1 aromatic carbocycles. The summed E-state index contributed by atoms with van der Waals surface area (Å²) in [6.07, 6.45) is 0.853. The summed E-state index contributed by atoms with van der Waals surface area (Å²) >= 11 is 0. The average molecular weight is 327 g/mol. The Kier molecular flexibility index (Phi) is 4.03.